The fraction of sp³-hybridized carbons (Fsp3) is 0.364. The summed E-state index contributed by atoms with van der Waals surface area (Å²) in [6, 6.07) is 3.20. The molecule has 1 saturated carbocycles. The van der Waals surface area contributed by atoms with Crippen LogP contribution in [0.1, 0.15) is 47.9 Å². The van der Waals surface area contributed by atoms with Crippen LogP contribution in [0.2, 0.25) is 0 Å². The normalized spacial score (nSPS) is 19.9. The van der Waals surface area contributed by atoms with Crippen molar-refractivity contribution >= 4 is 44.3 Å². The van der Waals surface area contributed by atoms with E-state index >= 15 is 0 Å². The van der Waals surface area contributed by atoms with Crippen molar-refractivity contribution in [1.82, 2.24) is 0 Å². The molecular formula is C22H18Br2F6N2O2. The van der Waals surface area contributed by atoms with Crippen molar-refractivity contribution in [2.75, 3.05) is 0 Å². The molecule has 2 aromatic carbocycles. The van der Waals surface area contributed by atoms with Crippen LogP contribution < -0.4 is 0 Å². The Morgan fingerprint density at radius 1 is 0.706 bits per heavy atom. The van der Waals surface area contributed by atoms with Crippen LogP contribution in [0.15, 0.2) is 43.2 Å². The summed E-state index contributed by atoms with van der Waals surface area (Å²) in [6.45, 7) is 0. The Kier molecular flexibility index (Phi) is 8.01. The summed E-state index contributed by atoms with van der Waals surface area (Å²) in [4.78, 5) is 8.81. The summed E-state index contributed by atoms with van der Waals surface area (Å²) in [7, 11) is 0. The first-order valence-electron chi connectivity index (χ1n) is 10.0. The third-order valence-electron chi connectivity index (χ3n) is 5.41. The van der Waals surface area contributed by atoms with E-state index in [1.54, 1.807) is 0 Å². The molecule has 0 spiro atoms. The van der Waals surface area contributed by atoms with Gasteiger partial charge in [-0.25, -0.2) is 0 Å². The number of benzene rings is 2. The van der Waals surface area contributed by atoms with E-state index in [0.29, 0.717) is 12.8 Å². The van der Waals surface area contributed by atoms with Crippen LogP contribution in [-0.2, 0) is 12.4 Å². The maximum Gasteiger partial charge on any atom is 0.417 e. The largest absolute Gasteiger partial charge is 0.506 e. The summed E-state index contributed by atoms with van der Waals surface area (Å²) in [6.07, 6.45) is -3.76. The molecule has 0 aromatic heterocycles. The lowest BCUT2D eigenvalue weighted by atomic mass is 9.91. The van der Waals surface area contributed by atoms with Crippen LogP contribution in [0.5, 0.6) is 11.5 Å². The van der Waals surface area contributed by atoms with Crippen molar-refractivity contribution in [2.24, 2.45) is 9.98 Å². The summed E-state index contributed by atoms with van der Waals surface area (Å²) < 4.78 is 76.9. The quantitative estimate of drug-likeness (QED) is 0.276. The monoisotopic (exact) mass is 614 g/mol. The van der Waals surface area contributed by atoms with Gasteiger partial charge >= 0.3 is 12.4 Å². The van der Waals surface area contributed by atoms with Crippen LogP contribution in [0.25, 0.3) is 0 Å². The summed E-state index contributed by atoms with van der Waals surface area (Å²) in [5.74, 6) is -1.18. The molecule has 2 aromatic rings. The Morgan fingerprint density at radius 2 is 1.06 bits per heavy atom. The second kappa shape index (κ2) is 10.3. The van der Waals surface area contributed by atoms with Crippen LogP contribution >= 0.6 is 31.9 Å². The van der Waals surface area contributed by atoms with E-state index in [4.69, 9.17) is 0 Å². The van der Waals surface area contributed by atoms with E-state index < -0.39 is 43.9 Å². The third-order valence-corrected chi connectivity index (χ3v) is 7.02. The fourth-order valence-corrected chi connectivity index (χ4v) is 4.77. The Bertz CT molecular complexity index is 1030. The van der Waals surface area contributed by atoms with Gasteiger partial charge in [-0.15, -0.1) is 0 Å². The second-order valence-electron chi connectivity index (χ2n) is 7.70. The molecule has 3 rings (SSSR count). The van der Waals surface area contributed by atoms with E-state index in [2.05, 4.69) is 41.8 Å². The van der Waals surface area contributed by atoms with Crippen molar-refractivity contribution < 1.29 is 36.6 Å². The molecule has 0 bridgehead atoms. The van der Waals surface area contributed by atoms with Gasteiger partial charge in [0.25, 0.3) is 0 Å². The lowest BCUT2D eigenvalue weighted by Crippen LogP contribution is -2.27. The fourth-order valence-electron chi connectivity index (χ4n) is 3.60. The van der Waals surface area contributed by atoms with Gasteiger partial charge in [-0.3, -0.25) is 9.98 Å². The highest BCUT2D eigenvalue weighted by molar-refractivity contribution is 9.11. The van der Waals surface area contributed by atoms with Crippen molar-refractivity contribution in [2.45, 2.75) is 50.1 Å². The van der Waals surface area contributed by atoms with E-state index in [-0.39, 0.29) is 23.2 Å². The first-order valence-corrected chi connectivity index (χ1v) is 11.6. The SMILES string of the molecule is Oc1c(C=N[C@@H]2CCCC[C@H]2N=Cc2ccc(C(F)(F)F)c(Br)c2O)ccc(C(F)(F)F)c1Br. The summed E-state index contributed by atoms with van der Waals surface area (Å²) >= 11 is 5.54. The summed E-state index contributed by atoms with van der Waals surface area (Å²) in [5.41, 5.74) is -1.83. The molecule has 2 atom stereocenters. The lowest BCUT2D eigenvalue weighted by molar-refractivity contribution is -0.139. The van der Waals surface area contributed by atoms with Gasteiger partial charge in [0.15, 0.2) is 0 Å². The zero-order chi connectivity index (χ0) is 25.3. The highest BCUT2D eigenvalue weighted by Gasteiger charge is 2.35. The van der Waals surface area contributed by atoms with E-state index in [1.807, 2.05) is 0 Å². The molecular weight excluding hydrogens is 598 g/mol. The smallest absolute Gasteiger partial charge is 0.417 e. The number of alkyl halides is 6. The molecule has 12 heteroatoms. The Hall–Kier alpha value is -2.08. The average molecular weight is 616 g/mol. The molecule has 0 saturated heterocycles. The Morgan fingerprint density at radius 3 is 1.38 bits per heavy atom. The number of hydrogen-bond donors (Lipinski definition) is 2. The highest BCUT2D eigenvalue weighted by Crippen LogP contribution is 2.41. The maximum absolute atomic E-state index is 13.0. The molecule has 0 aliphatic heterocycles. The molecule has 1 fully saturated rings. The van der Waals surface area contributed by atoms with Crippen molar-refractivity contribution in [3.8, 4) is 11.5 Å². The number of halogens is 8. The molecule has 0 heterocycles. The molecule has 1 aliphatic carbocycles. The van der Waals surface area contributed by atoms with Gasteiger partial charge in [-0.05, 0) is 69.0 Å². The molecule has 2 N–H and O–H groups in total. The Balaban J connectivity index is 1.82. The van der Waals surface area contributed by atoms with Gasteiger partial charge in [0, 0.05) is 23.6 Å². The number of phenols is 2. The van der Waals surface area contributed by atoms with E-state index in [9.17, 15) is 36.6 Å². The van der Waals surface area contributed by atoms with Gasteiger partial charge in [-0.2, -0.15) is 26.3 Å². The zero-order valence-electron chi connectivity index (χ0n) is 17.3. The first-order chi connectivity index (χ1) is 15.8. The number of aliphatic imine (C=N–C) groups is 2. The first kappa shape index (κ1) is 26.5. The molecule has 184 valence electrons. The Labute approximate surface area is 207 Å². The molecule has 0 unspecified atom stereocenters. The number of phenolic OH excluding ortho intramolecular Hbond substituents is 2. The van der Waals surface area contributed by atoms with Crippen molar-refractivity contribution in [1.29, 1.82) is 0 Å². The molecule has 0 radical (unpaired) electrons. The number of hydrogen-bond acceptors (Lipinski definition) is 4. The molecule has 0 amide bonds. The van der Waals surface area contributed by atoms with Crippen LogP contribution in [0.3, 0.4) is 0 Å². The molecule has 1 aliphatic rings. The minimum atomic E-state index is -4.63. The number of aromatic hydroxyl groups is 2. The topological polar surface area (TPSA) is 65.2 Å². The highest BCUT2D eigenvalue weighted by atomic mass is 79.9. The predicted molar refractivity (Wildman–Crippen MR) is 123 cm³/mol. The van der Waals surface area contributed by atoms with Gasteiger partial charge in [0.1, 0.15) is 11.5 Å². The van der Waals surface area contributed by atoms with E-state index in [0.717, 1.165) is 37.1 Å². The average Bonchev–Trinajstić information content (AvgIpc) is 2.74. The number of nitrogens with zero attached hydrogens (tertiary/aromatic N) is 2. The van der Waals surface area contributed by atoms with Crippen LogP contribution in [0, 0.1) is 0 Å². The van der Waals surface area contributed by atoms with Crippen molar-refractivity contribution in [3.63, 3.8) is 0 Å². The second-order valence-corrected chi connectivity index (χ2v) is 9.29. The standard InChI is InChI=1S/C22H18Br2F6N2O2/c23-17-13(21(25,26)27)7-5-11(19(17)33)9-31-15-3-1-2-4-16(15)32-10-12-6-8-14(22(28,29)30)18(24)20(12)34/h5-10,15-16,33-34H,1-4H2/t15-,16-/m1/s1. The molecule has 34 heavy (non-hydrogen) atoms. The van der Waals surface area contributed by atoms with Gasteiger partial charge in [0.2, 0.25) is 0 Å². The van der Waals surface area contributed by atoms with Crippen LogP contribution in [0.4, 0.5) is 26.3 Å². The third kappa shape index (κ3) is 5.94. The van der Waals surface area contributed by atoms with Gasteiger partial charge in [0.05, 0.1) is 32.2 Å². The number of rotatable bonds is 4. The van der Waals surface area contributed by atoms with Crippen LogP contribution in [-0.4, -0.2) is 34.7 Å². The summed E-state index contributed by atoms with van der Waals surface area (Å²) in [5, 5.41) is 20.3. The lowest BCUT2D eigenvalue weighted by Gasteiger charge is -2.25. The minimum absolute atomic E-state index is 0.0949. The van der Waals surface area contributed by atoms with Gasteiger partial charge < -0.3 is 10.2 Å². The van der Waals surface area contributed by atoms with Crippen molar-refractivity contribution in [3.05, 3.63) is 55.5 Å². The molecule has 4 nitrogen and oxygen atoms in total. The van der Waals surface area contributed by atoms with Gasteiger partial charge in [-0.1, -0.05) is 12.8 Å². The van der Waals surface area contributed by atoms with E-state index in [1.165, 1.54) is 12.4 Å². The zero-order valence-corrected chi connectivity index (χ0v) is 20.4. The maximum atomic E-state index is 13.0. The minimum Gasteiger partial charge on any atom is -0.506 e. The predicted octanol–water partition coefficient (Wildman–Crippen LogP) is 7.51.